The van der Waals surface area contributed by atoms with Crippen LogP contribution < -0.4 is 5.32 Å². The highest BCUT2D eigenvalue weighted by Crippen LogP contribution is 2.39. The van der Waals surface area contributed by atoms with Crippen LogP contribution >= 0.6 is 11.8 Å². The van der Waals surface area contributed by atoms with Crippen LogP contribution in [0.25, 0.3) is 0 Å². The molecule has 2 aromatic rings. The summed E-state index contributed by atoms with van der Waals surface area (Å²) < 4.78 is 79.9. The van der Waals surface area contributed by atoms with Crippen LogP contribution in [0, 0.1) is 0 Å². The van der Waals surface area contributed by atoms with E-state index in [9.17, 15) is 31.1 Å². The van der Waals surface area contributed by atoms with Gasteiger partial charge in [-0.2, -0.15) is 43.2 Å². The Bertz CT molecular complexity index is 924. The number of hydrogen-bond acceptors (Lipinski definition) is 3. The van der Waals surface area contributed by atoms with Crippen molar-refractivity contribution in [1.29, 1.82) is 0 Å². The molecule has 0 atom stereocenters. The summed E-state index contributed by atoms with van der Waals surface area (Å²) in [5, 5.41) is 6.93. The van der Waals surface area contributed by atoms with Gasteiger partial charge in [0.2, 0.25) is 0 Å². The third-order valence-corrected chi connectivity index (χ3v) is 5.24. The number of carbonyl (C=O) groups excluding carboxylic acids is 1. The lowest BCUT2D eigenvalue weighted by Crippen LogP contribution is -2.27. The van der Waals surface area contributed by atoms with Crippen LogP contribution in [-0.4, -0.2) is 15.7 Å². The predicted molar refractivity (Wildman–Crippen MR) is 96.6 cm³/mol. The Kier molecular flexibility index (Phi) is 5.17. The fourth-order valence-electron chi connectivity index (χ4n) is 2.89. The van der Waals surface area contributed by atoms with Crippen molar-refractivity contribution in [2.75, 3.05) is 5.32 Å². The van der Waals surface area contributed by atoms with E-state index in [-0.39, 0.29) is 11.9 Å². The number of rotatable bonds is 2. The number of benzene rings is 1. The highest BCUT2D eigenvalue weighted by molar-refractivity contribution is 7.98. The largest absolute Gasteiger partial charge is 0.416 e. The van der Waals surface area contributed by atoms with Crippen molar-refractivity contribution in [2.24, 2.45) is 0 Å². The number of aromatic nitrogens is 2. The molecule has 0 saturated carbocycles. The van der Waals surface area contributed by atoms with Gasteiger partial charge in [-0.1, -0.05) is 0 Å². The molecule has 0 spiro atoms. The van der Waals surface area contributed by atoms with Crippen LogP contribution in [0.2, 0.25) is 0 Å². The summed E-state index contributed by atoms with van der Waals surface area (Å²) in [6.07, 6.45) is -10.1. The molecule has 0 fully saturated rings. The summed E-state index contributed by atoms with van der Waals surface area (Å²) in [5.74, 6) is 0.376. The Hall–Kier alpha value is -2.17. The molecule has 29 heavy (non-hydrogen) atoms. The molecular formula is C18H17F6N3OS. The summed E-state index contributed by atoms with van der Waals surface area (Å²) in [7, 11) is 0. The Balaban J connectivity index is 2.05. The third kappa shape index (κ3) is 4.39. The highest BCUT2D eigenvalue weighted by Gasteiger charge is 2.38. The van der Waals surface area contributed by atoms with Gasteiger partial charge in [0.25, 0.3) is 5.91 Å². The summed E-state index contributed by atoms with van der Waals surface area (Å²) in [5.41, 5.74) is -2.90. The van der Waals surface area contributed by atoms with Gasteiger partial charge in [-0.25, -0.2) is 4.68 Å². The van der Waals surface area contributed by atoms with Crippen molar-refractivity contribution in [3.05, 3.63) is 46.1 Å². The number of amides is 1. The molecule has 11 heteroatoms. The molecule has 0 aliphatic carbocycles. The molecule has 1 N–H and O–H groups in total. The smallest absolute Gasteiger partial charge is 0.306 e. The minimum Gasteiger partial charge on any atom is -0.306 e. The van der Waals surface area contributed by atoms with Crippen molar-refractivity contribution >= 4 is 23.5 Å². The average molecular weight is 437 g/mol. The van der Waals surface area contributed by atoms with E-state index < -0.39 is 40.5 Å². The maximum absolute atomic E-state index is 13.1. The van der Waals surface area contributed by atoms with Gasteiger partial charge in [-0.3, -0.25) is 4.79 Å². The Morgan fingerprint density at radius 2 is 1.55 bits per heavy atom. The summed E-state index contributed by atoms with van der Waals surface area (Å²) in [6, 6.07) is 0.819. The van der Waals surface area contributed by atoms with Crippen LogP contribution in [0.5, 0.6) is 0 Å². The summed E-state index contributed by atoms with van der Waals surface area (Å²) in [4.78, 5) is 12.7. The quantitative estimate of drug-likeness (QED) is 0.616. The zero-order valence-corrected chi connectivity index (χ0v) is 16.4. The molecule has 158 valence electrons. The van der Waals surface area contributed by atoms with Gasteiger partial charge in [0, 0.05) is 22.6 Å². The molecule has 1 aliphatic heterocycles. The number of fused-ring (bicyclic) bond motifs is 1. The van der Waals surface area contributed by atoms with Gasteiger partial charge in [-0.15, -0.1) is 0 Å². The van der Waals surface area contributed by atoms with Gasteiger partial charge < -0.3 is 5.32 Å². The van der Waals surface area contributed by atoms with Crippen molar-refractivity contribution in [3.8, 4) is 0 Å². The van der Waals surface area contributed by atoms with E-state index >= 15 is 0 Å². The van der Waals surface area contributed by atoms with Crippen LogP contribution in [-0.2, 0) is 29.4 Å². The third-order valence-electron chi connectivity index (χ3n) is 4.27. The second kappa shape index (κ2) is 6.96. The van der Waals surface area contributed by atoms with E-state index in [2.05, 4.69) is 10.4 Å². The Morgan fingerprint density at radius 3 is 2.03 bits per heavy atom. The molecule has 2 heterocycles. The molecular weight excluding hydrogens is 420 g/mol. The molecule has 4 nitrogen and oxygen atoms in total. The number of halogens is 6. The van der Waals surface area contributed by atoms with Crippen LogP contribution in [0.3, 0.4) is 0 Å². The van der Waals surface area contributed by atoms with E-state index in [1.807, 2.05) is 20.8 Å². The number of hydrogen-bond donors (Lipinski definition) is 1. The molecule has 1 aliphatic rings. The zero-order chi connectivity index (χ0) is 21.8. The SMILES string of the molecule is CC(C)(C)n1nc2c(c1NC(=O)c1cc(C(F)(F)F)cc(C(F)(F)F)c1)CSC2. The number of thioether (sulfide) groups is 1. The van der Waals surface area contributed by atoms with Crippen molar-refractivity contribution < 1.29 is 31.1 Å². The van der Waals surface area contributed by atoms with E-state index in [0.717, 1.165) is 11.3 Å². The molecule has 1 aromatic heterocycles. The van der Waals surface area contributed by atoms with Crippen LogP contribution in [0.15, 0.2) is 18.2 Å². The van der Waals surface area contributed by atoms with Gasteiger partial charge in [0.05, 0.1) is 22.4 Å². The first kappa shape index (κ1) is 21.5. The van der Waals surface area contributed by atoms with Crippen LogP contribution in [0.4, 0.5) is 32.2 Å². The average Bonchev–Trinajstić information content (AvgIpc) is 3.15. The second-order valence-corrected chi connectivity index (χ2v) is 8.58. The van der Waals surface area contributed by atoms with Crippen molar-refractivity contribution in [1.82, 2.24) is 9.78 Å². The molecule has 0 radical (unpaired) electrons. The Labute approximate surface area is 166 Å². The number of anilines is 1. The molecule has 1 aromatic carbocycles. The lowest BCUT2D eigenvalue weighted by Gasteiger charge is -2.23. The van der Waals surface area contributed by atoms with E-state index in [4.69, 9.17) is 0 Å². The number of alkyl halides is 6. The lowest BCUT2D eigenvalue weighted by molar-refractivity contribution is -0.143. The van der Waals surface area contributed by atoms with E-state index in [1.165, 1.54) is 4.68 Å². The second-order valence-electron chi connectivity index (χ2n) is 7.60. The molecule has 0 bridgehead atoms. The van der Waals surface area contributed by atoms with E-state index in [0.29, 0.717) is 23.6 Å². The van der Waals surface area contributed by atoms with Gasteiger partial charge in [-0.05, 0) is 39.0 Å². The lowest BCUT2D eigenvalue weighted by atomic mass is 10.0. The van der Waals surface area contributed by atoms with Gasteiger partial charge >= 0.3 is 12.4 Å². The molecule has 3 rings (SSSR count). The number of nitrogens with one attached hydrogen (secondary N) is 1. The van der Waals surface area contributed by atoms with Gasteiger partial charge in [0.15, 0.2) is 0 Å². The first-order valence-electron chi connectivity index (χ1n) is 8.48. The normalized spacial score (nSPS) is 14.8. The first-order valence-corrected chi connectivity index (χ1v) is 9.63. The minimum atomic E-state index is -5.03. The first-order chi connectivity index (χ1) is 13.2. The molecule has 1 amide bonds. The topological polar surface area (TPSA) is 46.9 Å². The minimum absolute atomic E-state index is 0.00940. The number of carbonyl (C=O) groups is 1. The predicted octanol–water partition coefficient (Wildman–Crippen LogP) is 5.67. The van der Waals surface area contributed by atoms with Gasteiger partial charge in [0.1, 0.15) is 5.82 Å². The maximum atomic E-state index is 13.1. The zero-order valence-electron chi connectivity index (χ0n) is 15.6. The fraction of sp³-hybridized carbons (Fsp3) is 0.444. The van der Waals surface area contributed by atoms with Crippen molar-refractivity contribution in [2.45, 2.75) is 50.2 Å². The fourth-order valence-corrected chi connectivity index (χ4v) is 3.93. The summed E-state index contributed by atoms with van der Waals surface area (Å²) >= 11 is 1.55. The monoisotopic (exact) mass is 437 g/mol. The summed E-state index contributed by atoms with van der Waals surface area (Å²) in [6.45, 7) is 5.47. The standard InChI is InChI=1S/C18H17F6N3OS/c1-16(2,3)27-14(12-7-29-8-13(12)26-27)25-15(28)9-4-10(17(19,20)21)6-11(5-9)18(22,23)24/h4-6H,7-8H2,1-3H3,(H,25,28). The number of nitrogens with zero attached hydrogens (tertiary/aromatic N) is 2. The highest BCUT2D eigenvalue weighted by atomic mass is 32.2. The molecule has 0 saturated heterocycles. The maximum Gasteiger partial charge on any atom is 0.416 e. The van der Waals surface area contributed by atoms with Crippen LogP contribution in [0.1, 0.15) is 53.5 Å². The molecule has 0 unspecified atom stereocenters. The van der Waals surface area contributed by atoms with Crippen molar-refractivity contribution in [3.63, 3.8) is 0 Å². The van der Waals surface area contributed by atoms with E-state index in [1.54, 1.807) is 11.8 Å². The Morgan fingerprint density at radius 1 is 1.00 bits per heavy atom.